The van der Waals surface area contributed by atoms with E-state index in [-0.39, 0.29) is 5.91 Å². The van der Waals surface area contributed by atoms with Gasteiger partial charge in [0.25, 0.3) is 0 Å². The second kappa shape index (κ2) is 8.64. The van der Waals surface area contributed by atoms with Crippen molar-refractivity contribution in [3.05, 3.63) is 36.0 Å². The molecule has 152 valence electrons. The first-order chi connectivity index (χ1) is 13.7. The van der Waals surface area contributed by atoms with Crippen LogP contribution in [0.4, 0.5) is 0 Å². The number of hydrogen-bond acceptors (Lipinski definition) is 4. The van der Waals surface area contributed by atoms with E-state index in [2.05, 4.69) is 51.0 Å². The lowest BCUT2D eigenvalue weighted by Crippen LogP contribution is -2.54. The highest BCUT2D eigenvalue weighted by Gasteiger charge is 2.34. The highest BCUT2D eigenvalue weighted by molar-refractivity contribution is 5.86. The largest absolute Gasteiger partial charge is 0.383 e. The van der Waals surface area contributed by atoms with Crippen LogP contribution < -0.4 is 5.32 Å². The summed E-state index contributed by atoms with van der Waals surface area (Å²) in [5.41, 5.74) is 2.45. The lowest BCUT2D eigenvalue weighted by atomic mass is 10.1. The van der Waals surface area contributed by atoms with Crippen molar-refractivity contribution in [1.29, 1.82) is 0 Å². The van der Waals surface area contributed by atoms with Gasteiger partial charge in [-0.1, -0.05) is 18.2 Å². The molecule has 2 saturated heterocycles. The molecule has 0 radical (unpaired) electrons. The summed E-state index contributed by atoms with van der Waals surface area (Å²) in [4.78, 5) is 17.6. The van der Waals surface area contributed by atoms with Gasteiger partial charge in [-0.3, -0.25) is 14.6 Å². The van der Waals surface area contributed by atoms with E-state index in [1.54, 1.807) is 7.11 Å². The summed E-state index contributed by atoms with van der Waals surface area (Å²) in [6, 6.07) is 9.71. The molecule has 28 heavy (non-hydrogen) atoms. The van der Waals surface area contributed by atoms with Gasteiger partial charge in [0, 0.05) is 62.5 Å². The van der Waals surface area contributed by atoms with E-state index in [0.717, 1.165) is 24.6 Å². The quantitative estimate of drug-likeness (QED) is 0.743. The summed E-state index contributed by atoms with van der Waals surface area (Å²) in [6.45, 7) is 8.31. The fourth-order valence-corrected chi connectivity index (χ4v) is 4.77. The number of carbonyl (C=O) groups excluding carboxylic acids is 1. The van der Waals surface area contributed by atoms with Crippen LogP contribution in [-0.4, -0.2) is 72.3 Å². The van der Waals surface area contributed by atoms with Gasteiger partial charge in [0.05, 0.1) is 6.61 Å². The standard InChI is InChI=1S/C22H32N4O2/c1-17-12-24-10-5-6-19(24)15-25(17)13-18-14-26(16-22(27)23-9-11-28-2)21-8-4-3-7-20(18)21/h3-4,7-8,14,17,19H,5-6,9-13,15-16H2,1-2H3,(H,23,27)/t17-,19-/m0/s1. The van der Waals surface area contributed by atoms with Gasteiger partial charge >= 0.3 is 0 Å². The second-order valence-electron chi connectivity index (χ2n) is 8.21. The fraction of sp³-hybridized carbons (Fsp3) is 0.591. The van der Waals surface area contributed by atoms with Crippen LogP contribution in [0.25, 0.3) is 10.9 Å². The van der Waals surface area contributed by atoms with Crippen LogP contribution in [-0.2, 0) is 22.6 Å². The number of rotatable bonds is 7. The van der Waals surface area contributed by atoms with Crippen LogP contribution in [0.2, 0.25) is 0 Å². The first-order valence-electron chi connectivity index (χ1n) is 10.5. The topological polar surface area (TPSA) is 49.7 Å². The summed E-state index contributed by atoms with van der Waals surface area (Å²) in [7, 11) is 1.64. The van der Waals surface area contributed by atoms with E-state index in [9.17, 15) is 4.79 Å². The molecule has 1 amide bonds. The van der Waals surface area contributed by atoms with E-state index in [1.165, 1.54) is 36.9 Å². The molecule has 2 aliphatic heterocycles. The molecule has 2 fully saturated rings. The summed E-state index contributed by atoms with van der Waals surface area (Å²) in [6.07, 6.45) is 4.84. The smallest absolute Gasteiger partial charge is 0.240 e. The first kappa shape index (κ1) is 19.4. The Labute approximate surface area is 167 Å². The zero-order valence-corrected chi connectivity index (χ0v) is 17.1. The molecule has 1 aromatic carbocycles. The molecule has 1 aromatic heterocycles. The Morgan fingerprint density at radius 3 is 3.00 bits per heavy atom. The van der Waals surface area contributed by atoms with Crippen molar-refractivity contribution in [2.24, 2.45) is 0 Å². The maximum atomic E-state index is 12.3. The van der Waals surface area contributed by atoms with Crippen molar-refractivity contribution in [2.45, 2.75) is 44.9 Å². The SMILES string of the molecule is COCCNC(=O)Cn1cc(CN2C[C@@H]3CCCN3C[C@@H]2C)c2ccccc21. The molecular formula is C22H32N4O2. The molecule has 0 saturated carbocycles. The number of aromatic nitrogens is 1. The molecule has 2 atom stereocenters. The summed E-state index contributed by atoms with van der Waals surface area (Å²) < 4.78 is 7.10. The predicted molar refractivity (Wildman–Crippen MR) is 111 cm³/mol. The molecule has 6 heteroatoms. The number of carbonyl (C=O) groups is 1. The minimum absolute atomic E-state index is 0.0253. The Hall–Kier alpha value is -1.89. The normalized spacial score (nSPS) is 23.2. The van der Waals surface area contributed by atoms with Gasteiger partial charge in [0.15, 0.2) is 0 Å². The van der Waals surface area contributed by atoms with Crippen LogP contribution in [0.15, 0.2) is 30.5 Å². The van der Waals surface area contributed by atoms with Gasteiger partial charge in [-0.25, -0.2) is 0 Å². The molecule has 2 aliphatic rings. The number of amides is 1. The van der Waals surface area contributed by atoms with Gasteiger partial charge in [-0.15, -0.1) is 0 Å². The Balaban J connectivity index is 1.50. The summed E-state index contributed by atoms with van der Waals surface area (Å²) in [5.74, 6) is 0.0253. The molecule has 0 aliphatic carbocycles. The summed E-state index contributed by atoms with van der Waals surface area (Å²) in [5, 5.41) is 4.18. The maximum Gasteiger partial charge on any atom is 0.240 e. The van der Waals surface area contributed by atoms with Crippen molar-refractivity contribution in [3.63, 3.8) is 0 Å². The maximum absolute atomic E-state index is 12.3. The third-order valence-corrected chi connectivity index (χ3v) is 6.25. The van der Waals surface area contributed by atoms with Crippen LogP contribution in [0.5, 0.6) is 0 Å². The number of piperazine rings is 1. The second-order valence-corrected chi connectivity index (χ2v) is 8.21. The molecule has 6 nitrogen and oxygen atoms in total. The third-order valence-electron chi connectivity index (χ3n) is 6.25. The minimum Gasteiger partial charge on any atom is -0.383 e. The molecule has 0 bridgehead atoms. The monoisotopic (exact) mass is 384 g/mol. The highest BCUT2D eigenvalue weighted by atomic mass is 16.5. The van der Waals surface area contributed by atoms with E-state index in [1.807, 2.05) is 6.07 Å². The Morgan fingerprint density at radius 2 is 2.14 bits per heavy atom. The molecule has 0 unspecified atom stereocenters. The summed E-state index contributed by atoms with van der Waals surface area (Å²) >= 11 is 0. The Bertz CT molecular complexity index is 818. The molecular weight excluding hydrogens is 352 g/mol. The van der Waals surface area contributed by atoms with Gasteiger partial charge in [0.1, 0.15) is 6.54 Å². The predicted octanol–water partition coefficient (Wildman–Crippen LogP) is 2.07. The van der Waals surface area contributed by atoms with E-state index in [4.69, 9.17) is 4.74 Å². The third kappa shape index (κ3) is 4.09. The lowest BCUT2D eigenvalue weighted by Gasteiger charge is -2.42. The molecule has 2 aromatic rings. The van der Waals surface area contributed by atoms with E-state index < -0.39 is 0 Å². The Kier molecular flexibility index (Phi) is 5.99. The van der Waals surface area contributed by atoms with Crippen molar-refractivity contribution >= 4 is 16.8 Å². The van der Waals surface area contributed by atoms with Crippen LogP contribution >= 0.6 is 0 Å². The van der Waals surface area contributed by atoms with Crippen molar-refractivity contribution < 1.29 is 9.53 Å². The van der Waals surface area contributed by atoms with Gasteiger partial charge in [-0.05, 0) is 37.9 Å². The van der Waals surface area contributed by atoms with Crippen molar-refractivity contribution in [3.8, 4) is 0 Å². The Morgan fingerprint density at radius 1 is 1.29 bits per heavy atom. The zero-order valence-electron chi connectivity index (χ0n) is 17.1. The number of methoxy groups -OCH3 is 1. The molecule has 3 heterocycles. The van der Waals surface area contributed by atoms with Crippen LogP contribution in [0.1, 0.15) is 25.3 Å². The van der Waals surface area contributed by atoms with Crippen molar-refractivity contribution in [2.75, 3.05) is 39.9 Å². The van der Waals surface area contributed by atoms with E-state index >= 15 is 0 Å². The van der Waals surface area contributed by atoms with Gasteiger partial charge in [-0.2, -0.15) is 0 Å². The van der Waals surface area contributed by atoms with Crippen LogP contribution in [0, 0.1) is 0 Å². The first-order valence-corrected chi connectivity index (χ1v) is 10.5. The van der Waals surface area contributed by atoms with E-state index in [0.29, 0.717) is 25.7 Å². The zero-order chi connectivity index (χ0) is 19.5. The molecule has 4 rings (SSSR count). The van der Waals surface area contributed by atoms with Gasteiger partial charge in [0.2, 0.25) is 5.91 Å². The lowest BCUT2D eigenvalue weighted by molar-refractivity contribution is -0.121. The average Bonchev–Trinajstić information content (AvgIpc) is 3.27. The van der Waals surface area contributed by atoms with Gasteiger partial charge < -0.3 is 14.6 Å². The average molecular weight is 385 g/mol. The minimum atomic E-state index is 0.0253. The number of hydrogen-bond donors (Lipinski definition) is 1. The molecule has 1 N–H and O–H groups in total. The van der Waals surface area contributed by atoms with Crippen LogP contribution in [0.3, 0.4) is 0 Å². The molecule has 0 spiro atoms. The number of benzene rings is 1. The number of ether oxygens (including phenoxy) is 1. The number of nitrogens with one attached hydrogen (secondary N) is 1. The number of para-hydroxylation sites is 1. The number of nitrogens with zero attached hydrogens (tertiary/aromatic N) is 3. The van der Waals surface area contributed by atoms with Crippen molar-refractivity contribution in [1.82, 2.24) is 19.7 Å². The highest BCUT2D eigenvalue weighted by Crippen LogP contribution is 2.28. The fourth-order valence-electron chi connectivity index (χ4n) is 4.77. The number of fused-ring (bicyclic) bond motifs is 2.